The zero-order chi connectivity index (χ0) is 18.8. The Morgan fingerprint density at radius 1 is 0.815 bits per heavy atom. The second-order valence-corrected chi connectivity index (χ2v) is 7.48. The first-order chi connectivity index (χ1) is 13.1. The molecule has 1 unspecified atom stereocenters. The fourth-order valence-electron chi connectivity index (χ4n) is 4.06. The van der Waals surface area contributed by atoms with E-state index in [0.717, 1.165) is 44.1 Å². The summed E-state index contributed by atoms with van der Waals surface area (Å²) in [6.45, 7) is 7.53. The third kappa shape index (κ3) is 3.57. The van der Waals surface area contributed by atoms with Crippen molar-refractivity contribution in [1.82, 2.24) is 9.80 Å². The summed E-state index contributed by atoms with van der Waals surface area (Å²) in [5.74, 6) is 0.208. The first-order valence-corrected chi connectivity index (χ1v) is 9.81. The SMILES string of the molecule is CC(C(=O)N1CCN(c2ccccc2)c2ccccc21)N1CCN(C)CC1. The number of likely N-dealkylation sites (N-methyl/N-ethyl adjacent to an activating group) is 1. The molecule has 0 aliphatic carbocycles. The summed E-state index contributed by atoms with van der Waals surface area (Å²) in [6, 6.07) is 18.6. The minimum Gasteiger partial charge on any atom is -0.338 e. The lowest BCUT2D eigenvalue weighted by Gasteiger charge is -2.41. The Morgan fingerprint density at radius 2 is 1.44 bits per heavy atom. The van der Waals surface area contributed by atoms with E-state index in [1.807, 2.05) is 23.1 Å². The maximum absolute atomic E-state index is 13.3. The van der Waals surface area contributed by atoms with Crippen LogP contribution in [0.5, 0.6) is 0 Å². The van der Waals surface area contributed by atoms with Crippen LogP contribution in [0.2, 0.25) is 0 Å². The van der Waals surface area contributed by atoms with E-state index in [1.54, 1.807) is 0 Å². The van der Waals surface area contributed by atoms with Gasteiger partial charge in [0.15, 0.2) is 0 Å². The van der Waals surface area contributed by atoms with E-state index in [9.17, 15) is 4.79 Å². The van der Waals surface area contributed by atoms with Crippen molar-refractivity contribution in [2.24, 2.45) is 0 Å². The number of carbonyl (C=O) groups excluding carboxylic acids is 1. The monoisotopic (exact) mass is 364 g/mol. The summed E-state index contributed by atoms with van der Waals surface area (Å²) in [6.07, 6.45) is 0. The number of rotatable bonds is 3. The summed E-state index contributed by atoms with van der Waals surface area (Å²) in [5.41, 5.74) is 3.29. The molecule has 0 aromatic heterocycles. The van der Waals surface area contributed by atoms with Crippen LogP contribution in [0, 0.1) is 0 Å². The second-order valence-electron chi connectivity index (χ2n) is 7.48. The zero-order valence-corrected chi connectivity index (χ0v) is 16.2. The van der Waals surface area contributed by atoms with Gasteiger partial charge in [0, 0.05) is 45.0 Å². The molecule has 0 bridgehead atoms. The smallest absolute Gasteiger partial charge is 0.244 e. The molecule has 1 amide bonds. The Hall–Kier alpha value is -2.37. The van der Waals surface area contributed by atoms with Crippen LogP contribution in [0.3, 0.4) is 0 Å². The lowest BCUT2D eigenvalue weighted by atomic mass is 10.1. The quantitative estimate of drug-likeness (QED) is 0.838. The molecule has 142 valence electrons. The molecule has 1 atom stereocenters. The van der Waals surface area contributed by atoms with Gasteiger partial charge in [-0.2, -0.15) is 0 Å². The molecule has 1 fully saturated rings. The van der Waals surface area contributed by atoms with Crippen LogP contribution in [0.25, 0.3) is 0 Å². The first kappa shape index (κ1) is 18.0. The van der Waals surface area contributed by atoms with Crippen LogP contribution in [0.15, 0.2) is 54.6 Å². The van der Waals surface area contributed by atoms with Crippen molar-refractivity contribution in [2.45, 2.75) is 13.0 Å². The number of hydrogen-bond acceptors (Lipinski definition) is 4. The summed E-state index contributed by atoms with van der Waals surface area (Å²) in [4.78, 5) is 22.3. The van der Waals surface area contributed by atoms with E-state index in [-0.39, 0.29) is 11.9 Å². The molecule has 2 aromatic rings. The lowest BCUT2D eigenvalue weighted by Crippen LogP contribution is -2.55. The van der Waals surface area contributed by atoms with Gasteiger partial charge in [0.05, 0.1) is 17.4 Å². The molecule has 0 saturated carbocycles. The van der Waals surface area contributed by atoms with Crippen LogP contribution in [0.4, 0.5) is 17.1 Å². The highest BCUT2D eigenvalue weighted by atomic mass is 16.2. The summed E-state index contributed by atoms with van der Waals surface area (Å²) >= 11 is 0. The van der Waals surface area contributed by atoms with Gasteiger partial charge in [0.1, 0.15) is 0 Å². The minimum absolute atomic E-state index is 0.0879. The molecule has 2 aromatic carbocycles. The average molecular weight is 364 g/mol. The second kappa shape index (κ2) is 7.71. The number of fused-ring (bicyclic) bond motifs is 1. The molecule has 5 heteroatoms. The number of nitrogens with zero attached hydrogens (tertiary/aromatic N) is 4. The van der Waals surface area contributed by atoms with Crippen molar-refractivity contribution < 1.29 is 4.79 Å². The van der Waals surface area contributed by atoms with E-state index in [2.05, 4.69) is 65.1 Å². The molecular weight excluding hydrogens is 336 g/mol. The number of para-hydroxylation sites is 3. The molecule has 2 aliphatic heterocycles. The van der Waals surface area contributed by atoms with Crippen molar-refractivity contribution in [3.8, 4) is 0 Å². The molecule has 2 aliphatic rings. The van der Waals surface area contributed by atoms with Crippen LogP contribution in [-0.2, 0) is 4.79 Å². The number of hydrogen-bond donors (Lipinski definition) is 0. The number of anilines is 3. The highest BCUT2D eigenvalue weighted by Crippen LogP contribution is 2.37. The Morgan fingerprint density at radius 3 is 2.15 bits per heavy atom. The maximum Gasteiger partial charge on any atom is 0.244 e. The highest BCUT2D eigenvalue weighted by molar-refractivity contribution is 6.01. The largest absolute Gasteiger partial charge is 0.338 e. The van der Waals surface area contributed by atoms with Gasteiger partial charge in [-0.3, -0.25) is 9.69 Å². The van der Waals surface area contributed by atoms with Crippen LogP contribution >= 0.6 is 0 Å². The van der Waals surface area contributed by atoms with E-state index in [1.165, 1.54) is 5.69 Å². The fraction of sp³-hybridized carbons (Fsp3) is 0.409. The van der Waals surface area contributed by atoms with Crippen molar-refractivity contribution in [2.75, 3.05) is 56.1 Å². The molecule has 0 spiro atoms. The molecule has 0 N–H and O–H groups in total. The highest BCUT2D eigenvalue weighted by Gasteiger charge is 2.33. The van der Waals surface area contributed by atoms with Gasteiger partial charge < -0.3 is 14.7 Å². The fourth-order valence-corrected chi connectivity index (χ4v) is 4.06. The van der Waals surface area contributed by atoms with Gasteiger partial charge in [-0.25, -0.2) is 0 Å². The van der Waals surface area contributed by atoms with Gasteiger partial charge in [0.25, 0.3) is 0 Å². The molecule has 27 heavy (non-hydrogen) atoms. The van der Waals surface area contributed by atoms with Crippen molar-refractivity contribution in [3.63, 3.8) is 0 Å². The molecular formula is C22H28N4O. The first-order valence-electron chi connectivity index (χ1n) is 9.81. The number of carbonyl (C=O) groups is 1. The molecule has 0 radical (unpaired) electrons. The van der Waals surface area contributed by atoms with E-state index in [0.29, 0.717) is 6.54 Å². The van der Waals surface area contributed by atoms with Crippen LogP contribution < -0.4 is 9.80 Å². The predicted molar refractivity (Wildman–Crippen MR) is 111 cm³/mol. The van der Waals surface area contributed by atoms with Crippen molar-refractivity contribution in [1.29, 1.82) is 0 Å². The minimum atomic E-state index is -0.0879. The van der Waals surface area contributed by atoms with E-state index >= 15 is 0 Å². The molecule has 1 saturated heterocycles. The third-order valence-electron chi connectivity index (χ3n) is 5.79. The number of benzene rings is 2. The Balaban J connectivity index is 1.58. The van der Waals surface area contributed by atoms with Gasteiger partial charge in [-0.1, -0.05) is 30.3 Å². The zero-order valence-electron chi connectivity index (χ0n) is 16.2. The number of piperazine rings is 1. The van der Waals surface area contributed by atoms with Gasteiger partial charge in [-0.15, -0.1) is 0 Å². The van der Waals surface area contributed by atoms with Gasteiger partial charge >= 0.3 is 0 Å². The molecule has 4 rings (SSSR count). The standard InChI is InChI=1S/C22H28N4O/c1-18(24-14-12-23(2)13-15-24)22(27)26-17-16-25(19-8-4-3-5-9-19)20-10-6-7-11-21(20)26/h3-11,18H,12-17H2,1-2H3. The normalized spacial score (nSPS) is 19.6. The average Bonchev–Trinajstić information content (AvgIpc) is 2.73. The Bertz CT molecular complexity index is 786. The van der Waals surface area contributed by atoms with Crippen molar-refractivity contribution >= 4 is 23.0 Å². The van der Waals surface area contributed by atoms with Crippen LogP contribution in [0.1, 0.15) is 6.92 Å². The van der Waals surface area contributed by atoms with E-state index < -0.39 is 0 Å². The Kier molecular flexibility index (Phi) is 5.14. The van der Waals surface area contributed by atoms with Crippen molar-refractivity contribution in [3.05, 3.63) is 54.6 Å². The topological polar surface area (TPSA) is 30.0 Å². The summed E-state index contributed by atoms with van der Waals surface area (Å²) < 4.78 is 0. The van der Waals surface area contributed by atoms with E-state index in [4.69, 9.17) is 0 Å². The lowest BCUT2D eigenvalue weighted by molar-refractivity contribution is -0.123. The summed E-state index contributed by atoms with van der Waals surface area (Å²) in [5, 5.41) is 0. The van der Waals surface area contributed by atoms with Gasteiger partial charge in [0.2, 0.25) is 5.91 Å². The van der Waals surface area contributed by atoms with Crippen LogP contribution in [-0.4, -0.2) is 68.1 Å². The molecule has 5 nitrogen and oxygen atoms in total. The predicted octanol–water partition coefficient (Wildman–Crippen LogP) is 2.81. The third-order valence-corrected chi connectivity index (χ3v) is 5.79. The number of amides is 1. The van der Waals surface area contributed by atoms with Gasteiger partial charge in [-0.05, 0) is 38.2 Å². The maximum atomic E-state index is 13.3. The summed E-state index contributed by atoms with van der Waals surface area (Å²) in [7, 11) is 2.14. The molecule has 2 heterocycles. The Labute approximate surface area is 161 Å².